The van der Waals surface area contributed by atoms with Crippen molar-refractivity contribution in [1.29, 1.82) is 0 Å². The van der Waals surface area contributed by atoms with Gasteiger partial charge >= 0.3 is 6.18 Å². The Morgan fingerprint density at radius 3 is 2.50 bits per heavy atom. The van der Waals surface area contributed by atoms with E-state index in [0.717, 1.165) is 0 Å². The van der Waals surface area contributed by atoms with E-state index in [4.69, 9.17) is 0 Å². The van der Waals surface area contributed by atoms with Crippen LogP contribution in [0.1, 0.15) is 10.7 Å². The lowest BCUT2D eigenvalue weighted by Gasteiger charge is -1.97. The SMILES string of the molecule is Cc1cncc(-c2nnc(C(F)(F)F)s2)n1. The summed E-state index contributed by atoms with van der Waals surface area (Å²) in [5.74, 6) is 0. The first-order chi connectivity index (χ1) is 7.47. The minimum Gasteiger partial charge on any atom is -0.260 e. The zero-order valence-corrected chi connectivity index (χ0v) is 8.80. The number of aromatic nitrogens is 4. The molecule has 16 heavy (non-hydrogen) atoms. The second-order valence-electron chi connectivity index (χ2n) is 2.96. The molecule has 0 aliphatic rings. The lowest BCUT2D eigenvalue weighted by Crippen LogP contribution is -2.03. The number of alkyl halides is 3. The summed E-state index contributed by atoms with van der Waals surface area (Å²) in [6.45, 7) is 1.70. The molecule has 8 heteroatoms. The molecule has 0 aliphatic carbocycles. The zero-order valence-electron chi connectivity index (χ0n) is 7.99. The third-order valence-corrected chi connectivity index (χ3v) is 2.63. The standard InChI is InChI=1S/C8H5F3N4S/c1-4-2-12-3-5(13-4)6-14-15-7(16-6)8(9,10)11/h2-3H,1H3. The van der Waals surface area contributed by atoms with Gasteiger partial charge in [0, 0.05) is 6.20 Å². The summed E-state index contributed by atoms with van der Waals surface area (Å²) >= 11 is 0.452. The molecule has 0 atom stereocenters. The minimum absolute atomic E-state index is 0.114. The first kappa shape index (κ1) is 10.9. The molecule has 0 spiro atoms. The van der Waals surface area contributed by atoms with E-state index in [1.807, 2.05) is 0 Å². The topological polar surface area (TPSA) is 51.6 Å². The highest BCUT2D eigenvalue weighted by Crippen LogP contribution is 2.33. The van der Waals surface area contributed by atoms with Gasteiger partial charge in [0.1, 0.15) is 5.69 Å². The van der Waals surface area contributed by atoms with Crippen LogP contribution in [0, 0.1) is 6.92 Å². The molecule has 0 radical (unpaired) electrons. The van der Waals surface area contributed by atoms with E-state index < -0.39 is 11.2 Å². The van der Waals surface area contributed by atoms with Gasteiger partial charge in [0.2, 0.25) is 5.01 Å². The summed E-state index contributed by atoms with van der Waals surface area (Å²) in [6.07, 6.45) is -1.60. The number of rotatable bonds is 1. The molecule has 0 fully saturated rings. The Bertz CT molecular complexity index is 508. The highest BCUT2D eigenvalue weighted by atomic mass is 32.1. The first-order valence-corrected chi connectivity index (χ1v) is 4.98. The van der Waals surface area contributed by atoms with Crippen molar-refractivity contribution in [3.05, 3.63) is 23.1 Å². The molecule has 0 aromatic carbocycles. The third-order valence-electron chi connectivity index (χ3n) is 1.64. The lowest BCUT2D eigenvalue weighted by molar-refractivity contribution is -0.138. The number of aryl methyl sites for hydroxylation is 1. The molecular formula is C8H5F3N4S. The number of halogens is 3. The number of hydrogen-bond donors (Lipinski definition) is 0. The van der Waals surface area contributed by atoms with Crippen LogP contribution >= 0.6 is 11.3 Å². The number of nitrogens with zero attached hydrogens (tertiary/aromatic N) is 4. The van der Waals surface area contributed by atoms with Crippen molar-refractivity contribution in [3.8, 4) is 10.7 Å². The van der Waals surface area contributed by atoms with E-state index in [0.29, 0.717) is 22.7 Å². The van der Waals surface area contributed by atoms with Crippen LogP contribution in [0.2, 0.25) is 0 Å². The van der Waals surface area contributed by atoms with Crippen LogP contribution in [0.5, 0.6) is 0 Å². The van der Waals surface area contributed by atoms with Crippen LogP contribution in [0.3, 0.4) is 0 Å². The van der Waals surface area contributed by atoms with Crippen molar-refractivity contribution >= 4 is 11.3 Å². The molecule has 0 bridgehead atoms. The molecule has 2 aromatic rings. The van der Waals surface area contributed by atoms with E-state index in [-0.39, 0.29) is 5.01 Å². The predicted octanol–water partition coefficient (Wildman–Crippen LogP) is 2.32. The fraction of sp³-hybridized carbons (Fsp3) is 0.250. The van der Waals surface area contributed by atoms with E-state index in [2.05, 4.69) is 20.2 Å². The average molecular weight is 246 g/mol. The van der Waals surface area contributed by atoms with Crippen LogP contribution in [0.4, 0.5) is 13.2 Å². The lowest BCUT2D eigenvalue weighted by atomic mass is 10.4. The molecule has 4 nitrogen and oxygen atoms in total. The predicted molar refractivity (Wildman–Crippen MR) is 50.7 cm³/mol. The molecule has 0 amide bonds. The zero-order chi connectivity index (χ0) is 11.8. The summed E-state index contributed by atoms with van der Waals surface area (Å²) in [5, 5.41) is 5.64. The van der Waals surface area contributed by atoms with Gasteiger partial charge in [-0.3, -0.25) is 4.98 Å². The largest absolute Gasteiger partial charge is 0.445 e. The fourth-order valence-electron chi connectivity index (χ4n) is 1.01. The summed E-state index contributed by atoms with van der Waals surface area (Å²) in [4.78, 5) is 7.84. The van der Waals surface area contributed by atoms with Crippen LogP contribution in [0.15, 0.2) is 12.4 Å². The maximum absolute atomic E-state index is 12.3. The molecular weight excluding hydrogens is 241 g/mol. The van der Waals surface area contributed by atoms with Crippen molar-refractivity contribution < 1.29 is 13.2 Å². The molecule has 84 valence electrons. The summed E-state index contributed by atoms with van der Waals surface area (Å²) in [6, 6.07) is 0. The Morgan fingerprint density at radius 2 is 1.94 bits per heavy atom. The van der Waals surface area contributed by atoms with Gasteiger partial charge < -0.3 is 0 Å². The maximum Gasteiger partial charge on any atom is 0.445 e. The Hall–Kier alpha value is -1.57. The van der Waals surface area contributed by atoms with Crippen molar-refractivity contribution in [2.75, 3.05) is 0 Å². The summed E-state index contributed by atoms with van der Waals surface area (Å²) in [5.41, 5.74) is 0.911. The second kappa shape index (κ2) is 3.78. The van der Waals surface area contributed by atoms with Crippen LogP contribution < -0.4 is 0 Å². The van der Waals surface area contributed by atoms with Gasteiger partial charge in [-0.1, -0.05) is 11.3 Å². The fourth-order valence-corrected chi connectivity index (χ4v) is 1.67. The van der Waals surface area contributed by atoms with Crippen LogP contribution in [0.25, 0.3) is 10.7 Å². The quantitative estimate of drug-likeness (QED) is 0.774. The van der Waals surface area contributed by atoms with Crippen molar-refractivity contribution in [1.82, 2.24) is 20.2 Å². The summed E-state index contributed by atoms with van der Waals surface area (Å²) < 4.78 is 36.8. The number of hydrogen-bond acceptors (Lipinski definition) is 5. The molecule has 0 unspecified atom stereocenters. The van der Waals surface area contributed by atoms with E-state index >= 15 is 0 Å². The maximum atomic E-state index is 12.3. The highest BCUT2D eigenvalue weighted by molar-refractivity contribution is 7.14. The highest BCUT2D eigenvalue weighted by Gasteiger charge is 2.35. The Labute approximate surface area is 92.2 Å². The first-order valence-electron chi connectivity index (χ1n) is 4.16. The molecule has 2 heterocycles. The van der Waals surface area contributed by atoms with Crippen LogP contribution in [-0.2, 0) is 6.18 Å². The van der Waals surface area contributed by atoms with E-state index in [9.17, 15) is 13.2 Å². The monoisotopic (exact) mass is 246 g/mol. The molecule has 2 aromatic heterocycles. The van der Waals surface area contributed by atoms with Gasteiger partial charge in [0.05, 0.1) is 11.9 Å². The van der Waals surface area contributed by atoms with Crippen LogP contribution in [-0.4, -0.2) is 20.2 Å². The molecule has 2 rings (SSSR count). The minimum atomic E-state index is -4.47. The van der Waals surface area contributed by atoms with E-state index in [1.54, 1.807) is 6.92 Å². The Morgan fingerprint density at radius 1 is 1.19 bits per heavy atom. The Kier molecular flexibility index (Phi) is 2.58. The molecule has 0 aliphatic heterocycles. The average Bonchev–Trinajstić information content (AvgIpc) is 2.65. The van der Waals surface area contributed by atoms with Gasteiger partial charge in [0.25, 0.3) is 0 Å². The van der Waals surface area contributed by atoms with E-state index in [1.165, 1.54) is 12.4 Å². The van der Waals surface area contributed by atoms with Gasteiger partial charge in [0.15, 0.2) is 5.01 Å². The normalized spacial score (nSPS) is 11.8. The second-order valence-corrected chi connectivity index (χ2v) is 3.93. The molecule has 0 saturated carbocycles. The Balaban J connectivity index is 2.39. The van der Waals surface area contributed by atoms with Crippen molar-refractivity contribution in [2.24, 2.45) is 0 Å². The van der Waals surface area contributed by atoms with Crippen molar-refractivity contribution in [2.45, 2.75) is 13.1 Å². The molecule has 0 N–H and O–H groups in total. The molecule has 0 saturated heterocycles. The van der Waals surface area contributed by atoms with Crippen molar-refractivity contribution in [3.63, 3.8) is 0 Å². The van der Waals surface area contributed by atoms with Gasteiger partial charge in [-0.05, 0) is 6.92 Å². The van der Waals surface area contributed by atoms with Gasteiger partial charge in [-0.2, -0.15) is 13.2 Å². The third kappa shape index (κ3) is 2.16. The smallest absolute Gasteiger partial charge is 0.260 e. The summed E-state index contributed by atoms with van der Waals surface area (Å²) in [7, 11) is 0. The van der Waals surface area contributed by atoms with Gasteiger partial charge in [-0.25, -0.2) is 4.98 Å². The van der Waals surface area contributed by atoms with Gasteiger partial charge in [-0.15, -0.1) is 10.2 Å².